The van der Waals surface area contributed by atoms with Crippen LogP contribution in [0.3, 0.4) is 0 Å². The molecule has 0 saturated heterocycles. The first kappa shape index (κ1) is 42.5. The van der Waals surface area contributed by atoms with E-state index in [0.717, 1.165) is 73.9 Å². The Labute approximate surface area is 376 Å². The van der Waals surface area contributed by atoms with Crippen LogP contribution in [0.5, 0.6) is 0 Å². The molecule has 8 heteroatoms. The highest BCUT2D eigenvalue weighted by Crippen LogP contribution is 2.68. The largest absolute Gasteiger partial charge is 0.388 e. The van der Waals surface area contributed by atoms with E-state index in [1.165, 1.54) is 50.2 Å². The Balaban J connectivity index is 0.849. The molecule has 3 saturated carbocycles. The highest BCUT2D eigenvalue weighted by Gasteiger charge is 2.61. The molecule has 5 unspecified atom stereocenters. The molecule has 0 radical (unpaired) electrons. The van der Waals surface area contributed by atoms with Gasteiger partial charge in [0.15, 0.2) is 5.78 Å². The zero-order valence-corrected chi connectivity index (χ0v) is 37.5. The number of benzene rings is 6. The number of hydrogen-bond donors (Lipinski definition) is 4. The summed E-state index contributed by atoms with van der Waals surface area (Å²) in [5.41, 5.74) is 13.7. The highest BCUT2D eigenvalue weighted by molar-refractivity contribution is 6.08. The van der Waals surface area contributed by atoms with Gasteiger partial charge in [-0.3, -0.25) is 19.2 Å². The Hall–Kier alpha value is -6.80. The van der Waals surface area contributed by atoms with E-state index in [-0.39, 0.29) is 28.9 Å². The lowest BCUT2D eigenvalue weighted by Crippen LogP contribution is -2.40. The normalized spacial score (nSPS) is 20.7. The smallest absolute Gasteiger partial charge is 0.255 e. The van der Waals surface area contributed by atoms with Crippen LogP contribution in [-0.4, -0.2) is 30.6 Å². The number of anilines is 4. The minimum Gasteiger partial charge on any atom is -0.388 e. The van der Waals surface area contributed by atoms with Gasteiger partial charge in [-0.2, -0.15) is 0 Å². The number of aryl methyl sites for hydroxylation is 4. The van der Waals surface area contributed by atoms with Crippen molar-refractivity contribution in [3.05, 3.63) is 177 Å². The standard InChI is InChI=1S/C56H56N4O4/c1-32-26-41(27-33(2)51(32)59-54(63)39-12-10-37(11-13-39)36(5)61)42-28-34(3)52(35(4)29-42)60-55(64)40-16-14-38(15-17-40)53(62)58-47-24-20-45(21-25-47)56(44-18-22-46(57-6)23-19-44)31-43-30-50(56)49-9-7-8-48(43)49/h10-29,43,48-50,57H,7-9,30-31H2,1-6H3,(H,58,62)(H,59,63)(H,60,64). The third-order valence-corrected chi connectivity index (χ3v) is 14.7. The monoisotopic (exact) mass is 848 g/mol. The fraction of sp³-hybridized carbons (Fsp3) is 0.286. The van der Waals surface area contributed by atoms with Gasteiger partial charge in [0, 0.05) is 57.5 Å². The molecule has 0 spiro atoms. The summed E-state index contributed by atoms with van der Waals surface area (Å²) < 4.78 is 0. The maximum atomic E-state index is 13.6. The van der Waals surface area contributed by atoms with Gasteiger partial charge in [0.05, 0.1) is 0 Å². The Morgan fingerprint density at radius 1 is 0.516 bits per heavy atom. The summed E-state index contributed by atoms with van der Waals surface area (Å²) in [6, 6.07) is 39.2. The van der Waals surface area contributed by atoms with Crippen molar-refractivity contribution >= 4 is 46.3 Å². The van der Waals surface area contributed by atoms with Crippen molar-refractivity contribution in [3.63, 3.8) is 0 Å². The average molecular weight is 849 g/mol. The number of nitrogens with one attached hydrogen (secondary N) is 4. The van der Waals surface area contributed by atoms with Crippen molar-refractivity contribution in [1.29, 1.82) is 0 Å². The van der Waals surface area contributed by atoms with Gasteiger partial charge in [-0.15, -0.1) is 0 Å². The van der Waals surface area contributed by atoms with Crippen LogP contribution in [0.15, 0.2) is 121 Å². The van der Waals surface area contributed by atoms with Gasteiger partial charge >= 0.3 is 0 Å². The van der Waals surface area contributed by atoms with Crippen LogP contribution in [0.25, 0.3) is 11.1 Å². The first-order chi connectivity index (χ1) is 30.8. The minimum atomic E-state index is -0.261. The second-order valence-corrected chi connectivity index (χ2v) is 18.5. The van der Waals surface area contributed by atoms with E-state index in [1.54, 1.807) is 48.5 Å². The second-order valence-electron chi connectivity index (χ2n) is 18.5. The lowest BCUT2D eigenvalue weighted by molar-refractivity contribution is 0.100. The summed E-state index contributed by atoms with van der Waals surface area (Å²) in [6.45, 7) is 9.38. The summed E-state index contributed by atoms with van der Waals surface area (Å²) in [6.07, 6.45) is 6.58. The summed E-state index contributed by atoms with van der Waals surface area (Å²) >= 11 is 0. The molecule has 3 fully saturated rings. The van der Waals surface area contributed by atoms with Crippen LogP contribution < -0.4 is 21.3 Å². The van der Waals surface area contributed by atoms with E-state index in [2.05, 4.69) is 69.8 Å². The SMILES string of the molecule is CNc1ccc(C2(c3ccc(NC(=O)c4ccc(C(=O)Nc5c(C)cc(-c6cc(C)c(NC(=O)c7ccc(C(C)=O)cc7)c(C)c6)cc5C)cc4)cc3)CC3CC2C2CCCC32)cc1. The topological polar surface area (TPSA) is 116 Å². The number of hydrogen-bond acceptors (Lipinski definition) is 5. The lowest BCUT2D eigenvalue weighted by Gasteiger charge is -2.44. The van der Waals surface area contributed by atoms with Crippen molar-refractivity contribution in [3.8, 4) is 11.1 Å². The number of ketones is 1. The predicted octanol–water partition coefficient (Wildman–Crippen LogP) is 12.3. The molecular weight excluding hydrogens is 793 g/mol. The van der Waals surface area contributed by atoms with Crippen molar-refractivity contribution in [2.45, 2.75) is 72.1 Å². The third-order valence-electron chi connectivity index (χ3n) is 14.7. The van der Waals surface area contributed by atoms with Gasteiger partial charge < -0.3 is 21.3 Å². The van der Waals surface area contributed by atoms with Gasteiger partial charge in [0.2, 0.25) is 0 Å². The molecule has 9 rings (SSSR count). The fourth-order valence-electron chi connectivity index (χ4n) is 11.6. The van der Waals surface area contributed by atoms with E-state index >= 15 is 0 Å². The number of carbonyl (C=O) groups excluding carboxylic acids is 4. The van der Waals surface area contributed by atoms with Gasteiger partial charge in [-0.05, 0) is 213 Å². The summed E-state index contributed by atoms with van der Waals surface area (Å²) in [5, 5.41) is 12.5. The van der Waals surface area contributed by atoms with E-state index in [0.29, 0.717) is 28.2 Å². The van der Waals surface area contributed by atoms with Gasteiger partial charge in [0.1, 0.15) is 0 Å². The summed E-state index contributed by atoms with van der Waals surface area (Å²) in [7, 11) is 1.96. The zero-order valence-electron chi connectivity index (χ0n) is 37.5. The third kappa shape index (κ3) is 7.80. The van der Waals surface area contributed by atoms with Crippen LogP contribution >= 0.6 is 0 Å². The van der Waals surface area contributed by atoms with E-state index in [4.69, 9.17) is 0 Å². The Morgan fingerprint density at radius 2 is 0.922 bits per heavy atom. The van der Waals surface area contributed by atoms with Crippen molar-refractivity contribution in [1.82, 2.24) is 0 Å². The molecule has 0 aliphatic heterocycles. The number of carbonyl (C=O) groups is 4. The molecule has 3 aliphatic carbocycles. The van der Waals surface area contributed by atoms with Crippen LogP contribution in [0.4, 0.5) is 22.7 Å². The first-order valence-corrected chi connectivity index (χ1v) is 22.6. The van der Waals surface area contributed by atoms with Gasteiger partial charge in [0.25, 0.3) is 17.7 Å². The zero-order chi connectivity index (χ0) is 44.9. The van der Waals surface area contributed by atoms with Gasteiger partial charge in [-0.1, -0.05) is 42.8 Å². The number of amides is 3. The second kappa shape index (κ2) is 17.1. The number of rotatable bonds is 11. The molecule has 3 amide bonds. The Kier molecular flexibility index (Phi) is 11.3. The number of fused-ring (bicyclic) bond motifs is 5. The molecule has 3 aliphatic rings. The van der Waals surface area contributed by atoms with Crippen LogP contribution in [0, 0.1) is 51.4 Å². The van der Waals surface area contributed by atoms with E-state index in [9.17, 15) is 19.2 Å². The molecular formula is C56H56N4O4. The summed E-state index contributed by atoms with van der Waals surface area (Å²) in [4.78, 5) is 51.8. The van der Waals surface area contributed by atoms with E-state index in [1.807, 2.05) is 59.0 Å². The maximum Gasteiger partial charge on any atom is 0.255 e. The molecule has 8 nitrogen and oxygen atoms in total. The van der Waals surface area contributed by atoms with Crippen LogP contribution in [0.1, 0.15) is 114 Å². The Bertz CT molecular complexity index is 2750. The fourth-order valence-corrected chi connectivity index (χ4v) is 11.6. The van der Waals surface area contributed by atoms with Crippen LogP contribution in [0.2, 0.25) is 0 Å². The molecule has 6 aromatic rings. The maximum absolute atomic E-state index is 13.6. The molecule has 5 atom stereocenters. The molecule has 2 bridgehead atoms. The molecule has 324 valence electrons. The molecule has 64 heavy (non-hydrogen) atoms. The first-order valence-electron chi connectivity index (χ1n) is 22.6. The molecule has 6 aromatic carbocycles. The molecule has 4 N–H and O–H groups in total. The van der Waals surface area contributed by atoms with Crippen molar-refractivity contribution in [2.24, 2.45) is 23.7 Å². The molecule has 0 heterocycles. The van der Waals surface area contributed by atoms with E-state index < -0.39 is 0 Å². The van der Waals surface area contributed by atoms with Crippen molar-refractivity contribution < 1.29 is 19.2 Å². The summed E-state index contributed by atoms with van der Waals surface area (Å²) in [5.74, 6) is 2.31. The Morgan fingerprint density at radius 3 is 1.36 bits per heavy atom. The molecule has 0 aromatic heterocycles. The highest BCUT2D eigenvalue weighted by atomic mass is 16.2. The lowest BCUT2D eigenvalue weighted by atomic mass is 9.59. The van der Waals surface area contributed by atoms with Gasteiger partial charge in [-0.25, -0.2) is 0 Å². The number of Topliss-reactive ketones (excluding diaryl/α,β-unsaturated/α-hetero) is 1. The minimum absolute atomic E-state index is 0.0122. The predicted molar refractivity (Wildman–Crippen MR) is 258 cm³/mol. The quantitative estimate of drug-likeness (QED) is 0.0969. The van der Waals surface area contributed by atoms with Crippen LogP contribution in [-0.2, 0) is 5.41 Å². The van der Waals surface area contributed by atoms with Crippen molar-refractivity contribution in [2.75, 3.05) is 28.3 Å². The average Bonchev–Trinajstić information content (AvgIpc) is 4.04.